The van der Waals surface area contributed by atoms with Gasteiger partial charge in [0.1, 0.15) is 5.82 Å². The molecular weight excluding hydrogens is 429 g/mol. The largest absolute Gasteiger partial charge is 0.368 e. The number of piperazine rings is 1. The predicted octanol–water partition coefficient (Wildman–Crippen LogP) is 3.37. The van der Waals surface area contributed by atoms with Crippen molar-refractivity contribution in [3.8, 4) is 0 Å². The molecule has 6 nitrogen and oxygen atoms in total. The van der Waals surface area contributed by atoms with Crippen LogP contribution >= 0.6 is 11.6 Å². The maximum absolute atomic E-state index is 13.1. The van der Waals surface area contributed by atoms with Crippen molar-refractivity contribution in [1.82, 2.24) is 4.90 Å². The molecule has 0 aromatic heterocycles. The average molecular weight is 452 g/mol. The lowest BCUT2D eigenvalue weighted by Gasteiger charge is -2.36. The Bertz CT molecular complexity index is 1040. The second-order valence-corrected chi connectivity index (χ2v) is 9.94. The Morgan fingerprint density at radius 3 is 2.23 bits per heavy atom. The summed E-state index contributed by atoms with van der Waals surface area (Å²) in [5.41, 5.74) is 1.71. The maximum Gasteiger partial charge on any atom is 0.255 e. The number of hydrogen-bond donors (Lipinski definition) is 0. The summed E-state index contributed by atoms with van der Waals surface area (Å²) in [7, 11) is -3.37. The third-order valence-corrected chi connectivity index (χ3v) is 7.78. The zero-order chi connectivity index (χ0) is 21.3. The van der Waals surface area contributed by atoms with Crippen molar-refractivity contribution >= 4 is 38.9 Å². The van der Waals surface area contributed by atoms with Gasteiger partial charge >= 0.3 is 0 Å². The van der Waals surface area contributed by atoms with Crippen molar-refractivity contribution in [3.63, 3.8) is 0 Å². The van der Waals surface area contributed by atoms with Crippen LogP contribution in [0.15, 0.2) is 42.5 Å². The molecule has 160 valence electrons. The van der Waals surface area contributed by atoms with E-state index < -0.39 is 10.0 Å². The predicted molar refractivity (Wildman–Crippen MR) is 116 cm³/mol. The van der Waals surface area contributed by atoms with Crippen LogP contribution in [0, 0.1) is 5.82 Å². The summed E-state index contributed by atoms with van der Waals surface area (Å²) >= 11 is 6.30. The number of halogens is 2. The number of anilines is 2. The van der Waals surface area contributed by atoms with E-state index in [0.717, 1.165) is 12.1 Å². The normalized spacial score (nSPS) is 19.1. The van der Waals surface area contributed by atoms with Gasteiger partial charge < -0.3 is 9.80 Å². The highest BCUT2D eigenvalue weighted by molar-refractivity contribution is 7.92. The molecule has 0 saturated carbocycles. The molecule has 0 bridgehead atoms. The molecule has 0 radical (unpaired) electrons. The van der Waals surface area contributed by atoms with Crippen LogP contribution in [0.5, 0.6) is 0 Å². The summed E-state index contributed by atoms with van der Waals surface area (Å²) in [6, 6.07) is 11.1. The van der Waals surface area contributed by atoms with Crippen LogP contribution in [0.25, 0.3) is 0 Å². The van der Waals surface area contributed by atoms with Gasteiger partial charge in [-0.15, -0.1) is 0 Å². The van der Waals surface area contributed by atoms with E-state index in [2.05, 4.69) is 4.90 Å². The van der Waals surface area contributed by atoms with Crippen molar-refractivity contribution in [1.29, 1.82) is 0 Å². The molecule has 30 heavy (non-hydrogen) atoms. The van der Waals surface area contributed by atoms with Gasteiger partial charge in [-0.3, -0.25) is 9.10 Å². The standard InChI is InChI=1S/C21H23ClFN3O3S/c22-20-8-7-18(26-9-1-2-14-30(26,28)29)15-19(20)21(27)25-12-10-24(11-13-25)17-5-3-16(23)4-6-17/h3-8,15H,1-2,9-14H2. The van der Waals surface area contributed by atoms with E-state index in [1.165, 1.54) is 16.4 Å². The number of sulfonamides is 1. The lowest BCUT2D eigenvalue weighted by Crippen LogP contribution is -2.49. The van der Waals surface area contributed by atoms with Crippen LogP contribution in [-0.4, -0.2) is 57.7 Å². The Labute approximate surface area is 180 Å². The fraction of sp³-hybridized carbons (Fsp3) is 0.381. The number of benzene rings is 2. The number of carbonyl (C=O) groups excluding carboxylic acids is 1. The number of amides is 1. The summed E-state index contributed by atoms with van der Waals surface area (Å²) in [5, 5.41) is 0.305. The van der Waals surface area contributed by atoms with Gasteiger partial charge in [0.05, 0.1) is 22.0 Å². The second kappa shape index (κ2) is 8.43. The van der Waals surface area contributed by atoms with Crippen LogP contribution in [-0.2, 0) is 10.0 Å². The van der Waals surface area contributed by atoms with Crippen molar-refractivity contribution < 1.29 is 17.6 Å². The SMILES string of the molecule is O=C(c1cc(N2CCCCS2(=O)=O)ccc1Cl)N1CCN(c2ccc(F)cc2)CC1. The highest BCUT2D eigenvalue weighted by Gasteiger charge is 2.29. The zero-order valence-corrected chi connectivity index (χ0v) is 18.0. The minimum Gasteiger partial charge on any atom is -0.368 e. The molecule has 2 aliphatic heterocycles. The first-order chi connectivity index (χ1) is 14.3. The second-order valence-electron chi connectivity index (χ2n) is 7.52. The highest BCUT2D eigenvalue weighted by Crippen LogP contribution is 2.29. The van der Waals surface area contributed by atoms with E-state index in [1.807, 2.05) is 0 Å². The van der Waals surface area contributed by atoms with Gasteiger partial charge in [-0.1, -0.05) is 11.6 Å². The maximum atomic E-state index is 13.1. The fourth-order valence-electron chi connectivity index (χ4n) is 3.90. The van der Waals surface area contributed by atoms with Crippen LogP contribution in [0.1, 0.15) is 23.2 Å². The fourth-order valence-corrected chi connectivity index (χ4v) is 5.73. The first-order valence-corrected chi connectivity index (χ1v) is 11.9. The smallest absolute Gasteiger partial charge is 0.255 e. The minimum absolute atomic E-state index is 0.115. The summed E-state index contributed by atoms with van der Waals surface area (Å²) in [6.45, 7) is 2.65. The Hall–Kier alpha value is -2.32. The zero-order valence-electron chi connectivity index (χ0n) is 16.4. The van der Waals surface area contributed by atoms with Gasteiger partial charge in [-0.05, 0) is 55.3 Å². The Kier molecular flexibility index (Phi) is 5.88. The molecule has 2 saturated heterocycles. The van der Waals surface area contributed by atoms with Gasteiger partial charge in [-0.25, -0.2) is 12.8 Å². The van der Waals surface area contributed by atoms with E-state index in [4.69, 9.17) is 11.6 Å². The monoisotopic (exact) mass is 451 g/mol. The van der Waals surface area contributed by atoms with Crippen LogP contribution in [0.3, 0.4) is 0 Å². The summed E-state index contributed by atoms with van der Waals surface area (Å²) < 4.78 is 39.3. The summed E-state index contributed by atoms with van der Waals surface area (Å²) in [5.74, 6) is -0.377. The molecular formula is C21H23ClFN3O3S. The Balaban J connectivity index is 1.49. The van der Waals surface area contributed by atoms with Gasteiger partial charge in [0, 0.05) is 38.4 Å². The van der Waals surface area contributed by atoms with Crippen LogP contribution < -0.4 is 9.21 Å². The Morgan fingerprint density at radius 1 is 0.900 bits per heavy atom. The van der Waals surface area contributed by atoms with Crippen LogP contribution in [0.4, 0.5) is 15.8 Å². The van der Waals surface area contributed by atoms with E-state index in [1.54, 1.807) is 35.2 Å². The van der Waals surface area contributed by atoms with Crippen molar-refractivity contribution in [3.05, 3.63) is 58.9 Å². The van der Waals surface area contributed by atoms with E-state index in [-0.39, 0.29) is 17.5 Å². The molecule has 2 heterocycles. The molecule has 2 fully saturated rings. The van der Waals surface area contributed by atoms with Crippen molar-refractivity contribution in [2.24, 2.45) is 0 Å². The average Bonchev–Trinajstić information content (AvgIpc) is 2.74. The molecule has 9 heteroatoms. The molecule has 0 N–H and O–H groups in total. The number of hydrogen-bond acceptors (Lipinski definition) is 4. The topological polar surface area (TPSA) is 60.9 Å². The minimum atomic E-state index is -3.37. The molecule has 4 rings (SSSR count). The summed E-state index contributed by atoms with van der Waals surface area (Å²) in [4.78, 5) is 16.9. The number of rotatable bonds is 3. The van der Waals surface area contributed by atoms with Crippen molar-refractivity contribution in [2.75, 3.05) is 47.7 Å². The van der Waals surface area contributed by atoms with Gasteiger partial charge in [-0.2, -0.15) is 0 Å². The molecule has 2 aromatic rings. The molecule has 2 aromatic carbocycles. The summed E-state index contributed by atoms with van der Waals surface area (Å²) in [6.07, 6.45) is 1.44. The third kappa shape index (κ3) is 4.25. The number of nitrogens with zero attached hydrogens (tertiary/aromatic N) is 3. The number of carbonyl (C=O) groups is 1. The molecule has 0 aliphatic carbocycles. The third-order valence-electron chi connectivity index (χ3n) is 5.58. The van der Waals surface area contributed by atoms with E-state index in [0.29, 0.717) is 55.4 Å². The molecule has 0 atom stereocenters. The molecule has 0 unspecified atom stereocenters. The van der Waals surface area contributed by atoms with E-state index >= 15 is 0 Å². The van der Waals surface area contributed by atoms with Crippen LogP contribution in [0.2, 0.25) is 5.02 Å². The first-order valence-electron chi connectivity index (χ1n) is 9.95. The quantitative estimate of drug-likeness (QED) is 0.717. The molecule has 2 aliphatic rings. The van der Waals surface area contributed by atoms with Gasteiger partial charge in [0.2, 0.25) is 10.0 Å². The highest BCUT2D eigenvalue weighted by atomic mass is 35.5. The van der Waals surface area contributed by atoms with E-state index in [9.17, 15) is 17.6 Å². The van der Waals surface area contributed by atoms with Gasteiger partial charge in [0.25, 0.3) is 5.91 Å². The molecule has 1 amide bonds. The van der Waals surface area contributed by atoms with Gasteiger partial charge in [0.15, 0.2) is 0 Å². The molecule has 0 spiro atoms. The first kappa shape index (κ1) is 20.9. The lowest BCUT2D eigenvalue weighted by molar-refractivity contribution is 0.0747. The lowest BCUT2D eigenvalue weighted by atomic mass is 10.1. The van der Waals surface area contributed by atoms with Crippen molar-refractivity contribution in [2.45, 2.75) is 12.8 Å². The Morgan fingerprint density at radius 2 is 1.57 bits per heavy atom.